The van der Waals surface area contributed by atoms with Gasteiger partial charge in [-0.3, -0.25) is 0 Å². The number of halogens is 2. The molecule has 32 valence electrons. The Morgan fingerprint density at radius 1 is 1.60 bits per heavy atom. The van der Waals surface area contributed by atoms with Crippen molar-refractivity contribution in [1.29, 1.82) is 0 Å². The Kier molecular flexibility index (Phi) is 6.70. The molecule has 0 aliphatic carbocycles. The maximum atomic E-state index is 3.26. The molecular formula is C2H4Br2S. The Morgan fingerprint density at radius 3 is 2.20 bits per heavy atom. The van der Waals surface area contributed by atoms with Crippen LogP contribution in [0.3, 0.4) is 0 Å². The van der Waals surface area contributed by atoms with E-state index in [-0.39, 0.29) is 0 Å². The molecule has 0 spiro atoms. The van der Waals surface area contributed by atoms with Crippen LogP contribution in [0.15, 0.2) is 0 Å². The Bertz CT molecular complexity index is 15.1. The van der Waals surface area contributed by atoms with Crippen molar-refractivity contribution in [3.05, 3.63) is 0 Å². The number of rotatable bonds is 2. The minimum absolute atomic E-state index is 1.07. The molecule has 0 aromatic heterocycles. The zero-order chi connectivity index (χ0) is 4.12. The second kappa shape index (κ2) is 5.31. The fraction of sp³-hybridized carbons (Fsp3) is 1.00. The summed E-state index contributed by atoms with van der Waals surface area (Å²) in [5.41, 5.74) is 0. The highest BCUT2D eigenvalue weighted by molar-refractivity contribution is 9.50. The van der Waals surface area contributed by atoms with Crippen LogP contribution in [0.25, 0.3) is 0 Å². The summed E-state index contributed by atoms with van der Waals surface area (Å²) in [7, 11) is 1.67. The van der Waals surface area contributed by atoms with Gasteiger partial charge in [0.2, 0.25) is 0 Å². The number of hydrogen-bond donors (Lipinski definition) is 0. The van der Waals surface area contributed by atoms with Gasteiger partial charge in [0, 0.05) is 11.1 Å². The summed E-state index contributed by atoms with van der Waals surface area (Å²) in [5, 5.41) is 1.07. The van der Waals surface area contributed by atoms with Gasteiger partial charge in [0.25, 0.3) is 0 Å². The molecule has 0 nitrogen and oxygen atoms in total. The van der Waals surface area contributed by atoms with E-state index < -0.39 is 0 Å². The largest absolute Gasteiger partial charge is 0.0919 e. The quantitative estimate of drug-likeness (QED) is 0.644. The van der Waals surface area contributed by atoms with Gasteiger partial charge in [0.05, 0.1) is 0 Å². The molecule has 0 fully saturated rings. The molecule has 0 heterocycles. The van der Waals surface area contributed by atoms with Crippen LogP contribution in [-0.2, 0) is 0 Å². The summed E-state index contributed by atoms with van der Waals surface area (Å²) in [6, 6.07) is 0. The lowest BCUT2D eigenvalue weighted by Gasteiger charge is -1.75. The van der Waals surface area contributed by atoms with Gasteiger partial charge in [-0.2, -0.15) is 0 Å². The third kappa shape index (κ3) is 5.31. The average Bonchev–Trinajstić information content (AvgIpc) is 1.41. The van der Waals surface area contributed by atoms with Gasteiger partial charge in [0.1, 0.15) is 0 Å². The molecule has 0 saturated heterocycles. The zero-order valence-corrected chi connectivity index (χ0v) is 6.57. The van der Waals surface area contributed by atoms with Crippen LogP contribution in [0, 0.1) is 0 Å². The van der Waals surface area contributed by atoms with Crippen LogP contribution in [0.1, 0.15) is 0 Å². The Morgan fingerprint density at radius 2 is 2.20 bits per heavy atom. The summed E-state index contributed by atoms with van der Waals surface area (Å²) in [4.78, 5) is 0. The van der Waals surface area contributed by atoms with E-state index in [0.717, 1.165) is 11.1 Å². The molecule has 0 rings (SSSR count). The third-order valence-electron chi connectivity index (χ3n) is 0.154. The lowest BCUT2D eigenvalue weighted by molar-refractivity contribution is 1.60. The lowest BCUT2D eigenvalue weighted by atomic mass is 11.0. The van der Waals surface area contributed by atoms with E-state index in [1.165, 1.54) is 0 Å². The van der Waals surface area contributed by atoms with Crippen LogP contribution in [0.2, 0.25) is 0 Å². The molecular weight excluding hydrogens is 216 g/mol. The molecule has 0 saturated carbocycles. The van der Waals surface area contributed by atoms with Gasteiger partial charge in [0.15, 0.2) is 0 Å². The van der Waals surface area contributed by atoms with E-state index in [4.69, 9.17) is 0 Å². The molecule has 0 radical (unpaired) electrons. The van der Waals surface area contributed by atoms with Crippen molar-refractivity contribution in [3.63, 3.8) is 0 Å². The van der Waals surface area contributed by atoms with Crippen LogP contribution >= 0.6 is 40.9 Å². The van der Waals surface area contributed by atoms with Crippen molar-refractivity contribution in [1.82, 2.24) is 0 Å². The van der Waals surface area contributed by atoms with Crippen molar-refractivity contribution < 1.29 is 0 Å². The topological polar surface area (TPSA) is 0 Å². The van der Waals surface area contributed by atoms with E-state index in [1.54, 1.807) is 10.2 Å². The average molecular weight is 220 g/mol. The smallest absolute Gasteiger partial charge is 0.0140 e. The number of hydrogen-bond acceptors (Lipinski definition) is 1. The van der Waals surface area contributed by atoms with Crippen molar-refractivity contribution in [2.45, 2.75) is 0 Å². The Balaban J connectivity index is 2.19. The minimum Gasteiger partial charge on any atom is -0.0919 e. The molecule has 0 bridgehead atoms. The van der Waals surface area contributed by atoms with Gasteiger partial charge in [-0.25, -0.2) is 0 Å². The van der Waals surface area contributed by atoms with Crippen molar-refractivity contribution in [2.24, 2.45) is 0 Å². The normalized spacial score (nSPS) is 8.40. The number of alkyl halides is 1. The molecule has 0 aliphatic rings. The first-order chi connectivity index (χ1) is 2.41. The monoisotopic (exact) mass is 218 g/mol. The molecule has 0 aromatic rings. The standard InChI is InChI=1S/C2H4Br2S/c3-1-2-5-4/h1-2H2. The van der Waals surface area contributed by atoms with Crippen LogP contribution in [-0.4, -0.2) is 11.1 Å². The third-order valence-corrected chi connectivity index (χ3v) is 2.41. The van der Waals surface area contributed by atoms with Crippen LogP contribution < -0.4 is 0 Å². The minimum atomic E-state index is 1.07. The van der Waals surface area contributed by atoms with Gasteiger partial charge in [-0.05, 0) is 14.8 Å². The van der Waals surface area contributed by atoms with Crippen molar-refractivity contribution in [3.8, 4) is 0 Å². The fourth-order valence-corrected chi connectivity index (χ4v) is 2.36. The summed E-state index contributed by atoms with van der Waals surface area (Å²) >= 11 is 6.45. The summed E-state index contributed by atoms with van der Waals surface area (Å²) in [6.45, 7) is 0. The summed E-state index contributed by atoms with van der Waals surface area (Å²) in [6.07, 6.45) is 0. The van der Waals surface area contributed by atoms with E-state index in [2.05, 4.69) is 30.7 Å². The molecule has 5 heavy (non-hydrogen) atoms. The van der Waals surface area contributed by atoms with Crippen LogP contribution in [0.5, 0.6) is 0 Å². The van der Waals surface area contributed by atoms with Gasteiger partial charge >= 0.3 is 0 Å². The van der Waals surface area contributed by atoms with Gasteiger partial charge in [-0.15, -0.1) is 0 Å². The highest BCUT2D eigenvalue weighted by atomic mass is 79.9. The highest BCUT2D eigenvalue weighted by Crippen LogP contribution is 2.08. The Hall–Kier alpha value is 1.31. The SMILES string of the molecule is BrCCSBr. The van der Waals surface area contributed by atoms with Crippen molar-refractivity contribution >= 4 is 40.9 Å². The van der Waals surface area contributed by atoms with Crippen molar-refractivity contribution in [2.75, 3.05) is 11.1 Å². The first-order valence-corrected chi connectivity index (χ1v) is 5.16. The molecule has 0 N–H and O–H groups in total. The highest BCUT2D eigenvalue weighted by Gasteiger charge is 1.71. The molecule has 3 heteroatoms. The van der Waals surface area contributed by atoms with E-state index in [9.17, 15) is 0 Å². The first-order valence-electron chi connectivity index (χ1n) is 1.21. The molecule has 0 aromatic carbocycles. The summed E-state index contributed by atoms with van der Waals surface area (Å²) in [5.74, 6) is 1.14. The predicted molar refractivity (Wildman–Crippen MR) is 35.2 cm³/mol. The van der Waals surface area contributed by atoms with Gasteiger partial charge < -0.3 is 0 Å². The Labute approximate surface area is 52.0 Å². The maximum absolute atomic E-state index is 3.26. The first kappa shape index (κ1) is 6.31. The van der Waals surface area contributed by atoms with E-state index in [0.29, 0.717) is 0 Å². The van der Waals surface area contributed by atoms with E-state index in [1.807, 2.05) is 0 Å². The van der Waals surface area contributed by atoms with Crippen LogP contribution in [0.4, 0.5) is 0 Å². The lowest BCUT2D eigenvalue weighted by Crippen LogP contribution is -1.66. The van der Waals surface area contributed by atoms with Gasteiger partial charge in [-0.1, -0.05) is 26.1 Å². The fourth-order valence-electron chi connectivity index (χ4n) is 0.0292. The maximum Gasteiger partial charge on any atom is 0.0140 e. The predicted octanol–water partition coefficient (Wildman–Crippen LogP) is 2.42. The summed E-state index contributed by atoms with van der Waals surface area (Å²) < 4.78 is 0. The second-order valence-corrected chi connectivity index (χ2v) is 3.30. The molecule has 0 unspecified atom stereocenters. The molecule has 0 atom stereocenters. The molecule has 0 aliphatic heterocycles. The second-order valence-electron chi connectivity index (χ2n) is 0.502. The zero-order valence-electron chi connectivity index (χ0n) is 2.58. The molecule has 0 amide bonds. The van der Waals surface area contributed by atoms with E-state index >= 15 is 0 Å².